The van der Waals surface area contributed by atoms with Gasteiger partial charge in [0.1, 0.15) is 6.61 Å². The van der Waals surface area contributed by atoms with E-state index < -0.39 is 0 Å². The molecule has 0 amide bonds. The maximum Gasteiger partial charge on any atom is 0.213 e. The van der Waals surface area contributed by atoms with Crippen molar-refractivity contribution in [2.75, 3.05) is 26.4 Å². The minimum absolute atomic E-state index is 0.320. The topological polar surface area (TPSA) is 43.4 Å². The van der Waals surface area contributed by atoms with Gasteiger partial charge in [-0.25, -0.2) is 4.98 Å². The molecule has 0 radical (unpaired) electrons. The van der Waals surface area contributed by atoms with Crippen LogP contribution in [0.25, 0.3) is 0 Å². The lowest BCUT2D eigenvalue weighted by atomic mass is 10.1. The van der Waals surface area contributed by atoms with Gasteiger partial charge in [0.05, 0.1) is 6.61 Å². The number of nitrogens with one attached hydrogen (secondary N) is 1. The van der Waals surface area contributed by atoms with E-state index in [-0.39, 0.29) is 0 Å². The van der Waals surface area contributed by atoms with Gasteiger partial charge in [-0.1, -0.05) is 20.3 Å². The first-order valence-electron chi connectivity index (χ1n) is 7.67. The molecule has 1 unspecified atom stereocenters. The molecule has 20 heavy (non-hydrogen) atoms. The fourth-order valence-electron chi connectivity index (χ4n) is 1.81. The lowest BCUT2D eigenvalue weighted by Crippen LogP contribution is -2.19. The maximum absolute atomic E-state index is 5.62. The second kappa shape index (κ2) is 10.6. The van der Waals surface area contributed by atoms with E-state index in [0.29, 0.717) is 25.1 Å². The molecular weight excluding hydrogens is 252 g/mol. The first-order chi connectivity index (χ1) is 9.77. The van der Waals surface area contributed by atoms with E-state index in [2.05, 4.69) is 31.1 Å². The highest BCUT2D eigenvalue weighted by Crippen LogP contribution is 2.16. The Balaban J connectivity index is 2.32. The summed E-state index contributed by atoms with van der Waals surface area (Å²) in [7, 11) is 0. The summed E-state index contributed by atoms with van der Waals surface area (Å²) >= 11 is 0. The number of pyridine rings is 1. The first kappa shape index (κ1) is 16.9. The van der Waals surface area contributed by atoms with Crippen LogP contribution in [0.3, 0.4) is 0 Å². The number of aromatic nitrogens is 1. The molecule has 114 valence electrons. The highest BCUT2D eigenvalue weighted by atomic mass is 16.5. The highest BCUT2D eigenvalue weighted by Gasteiger charge is 2.06. The van der Waals surface area contributed by atoms with Crippen LogP contribution in [-0.4, -0.2) is 31.3 Å². The van der Waals surface area contributed by atoms with Crippen LogP contribution in [0.5, 0.6) is 5.88 Å². The summed E-state index contributed by atoms with van der Waals surface area (Å²) in [6.07, 6.45) is 5.20. The van der Waals surface area contributed by atoms with E-state index in [1.165, 1.54) is 5.56 Å². The Hall–Kier alpha value is -1.13. The Morgan fingerprint density at radius 2 is 2.05 bits per heavy atom. The van der Waals surface area contributed by atoms with Crippen LogP contribution >= 0.6 is 0 Å². The number of hydrogen-bond donors (Lipinski definition) is 1. The molecule has 0 aliphatic heterocycles. The minimum atomic E-state index is 0.320. The van der Waals surface area contributed by atoms with Crippen molar-refractivity contribution in [3.05, 3.63) is 23.9 Å². The molecule has 0 spiro atoms. The van der Waals surface area contributed by atoms with Gasteiger partial charge in [0.25, 0.3) is 0 Å². The fourth-order valence-corrected chi connectivity index (χ4v) is 1.81. The Labute approximate surface area is 122 Å². The third kappa shape index (κ3) is 6.87. The molecule has 0 saturated heterocycles. The molecule has 4 nitrogen and oxygen atoms in total. The van der Waals surface area contributed by atoms with E-state index >= 15 is 0 Å². The zero-order valence-electron chi connectivity index (χ0n) is 13.0. The van der Waals surface area contributed by atoms with Gasteiger partial charge in [0.15, 0.2) is 0 Å². The Bertz CT molecular complexity index is 358. The molecule has 1 aromatic rings. The van der Waals surface area contributed by atoms with Crippen molar-refractivity contribution in [3.8, 4) is 5.88 Å². The van der Waals surface area contributed by atoms with Gasteiger partial charge in [-0.15, -0.1) is 0 Å². The summed E-state index contributed by atoms with van der Waals surface area (Å²) < 4.78 is 11.1. The lowest BCUT2D eigenvalue weighted by Gasteiger charge is -2.14. The van der Waals surface area contributed by atoms with Crippen LogP contribution in [0.2, 0.25) is 0 Å². The second-order valence-corrected chi connectivity index (χ2v) is 4.92. The van der Waals surface area contributed by atoms with E-state index in [4.69, 9.17) is 9.47 Å². The summed E-state index contributed by atoms with van der Waals surface area (Å²) in [6, 6.07) is 4.35. The van der Waals surface area contributed by atoms with Crippen LogP contribution in [0.1, 0.15) is 51.6 Å². The van der Waals surface area contributed by atoms with Crippen LogP contribution in [-0.2, 0) is 4.74 Å². The zero-order chi connectivity index (χ0) is 14.6. The van der Waals surface area contributed by atoms with Gasteiger partial charge in [-0.3, -0.25) is 0 Å². The number of unbranched alkanes of at least 4 members (excludes halogenated alkanes) is 1. The van der Waals surface area contributed by atoms with Gasteiger partial charge >= 0.3 is 0 Å². The van der Waals surface area contributed by atoms with E-state index in [9.17, 15) is 0 Å². The quantitative estimate of drug-likeness (QED) is 0.631. The molecule has 0 aliphatic carbocycles. The largest absolute Gasteiger partial charge is 0.475 e. The van der Waals surface area contributed by atoms with Gasteiger partial charge in [-0.2, -0.15) is 0 Å². The summed E-state index contributed by atoms with van der Waals surface area (Å²) in [4.78, 5) is 4.23. The molecular formula is C16H28N2O2. The predicted molar refractivity (Wildman–Crippen MR) is 82.2 cm³/mol. The number of hydrogen-bond acceptors (Lipinski definition) is 4. The normalized spacial score (nSPS) is 12.3. The first-order valence-corrected chi connectivity index (χ1v) is 7.67. The van der Waals surface area contributed by atoms with Crippen molar-refractivity contribution in [1.82, 2.24) is 10.3 Å². The number of rotatable bonds is 11. The van der Waals surface area contributed by atoms with Crippen molar-refractivity contribution >= 4 is 0 Å². The smallest absolute Gasteiger partial charge is 0.213 e. The van der Waals surface area contributed by atoms with Crippen LogP contribution in [0, 0.1) is 0 Å². The van der Waals surface area contributed by atoms with Crippen molar-refractivity contribution in [2.24, 2.45) is 0 Å². The SMILES string of the molecule is CCCCOCCOc1cc(C(C)NCCC)ccn1. The monoisotopic (exact) mass is 280 g/mol. The summed E-state index contributed by atoms with van der Waals surface area (Å²) in [6.45, 7) is 9.48. The molecule has 0 saturated carbocycles. The number of ether oxygens (including phenoxy) is 2. The molecule has 4 heteroatoms. The standard InChI is InChI=1S/C16H28N2O2/c1-4-6-10-19-11-12-20-16-13-15(7-9-18-16)14(3)17-8-5-2/h7,9,13-14,17H,4-6,8,10-12H2,1-3H3. The molecule has 1 N–H and O–H groups in total. The van der Waals surface area contributed by atoms with Gasteiger partial charge in [0, 0.05) is 24.9 Å². The molecule has 0 aromatic carbocycles. The Morgan fingerprint density at radius 1 is 1.20 bits per heavy atom. The van der Waals surface area contributed by atoms with Crippen molar-refractivity contribution < 1.29 is 9.47 Å². The Kier molecular flexibility index (Phi) is 9.00. The van der Waals surface area contributed by atoms with Gasteiger partial charge in [0.2, 0.25) is 5.88 Å². The molecule has 0 bridgehead atoms. The van der Waals surface area contributed by atoms with Crippen molar-refractivity contribution in [3.63, 3.8) is 0 Å². The van der Waals surface area contributed by atoms with Crippen LogP contribution < -0.4 is 10.1 Å². The molecule has 1 atom stereocenters. The lowest BCUT2D eigenvalue weighted by molar-refractivity contribution is 0.0965. The maximum atomic E-state index is 5.62. The third-order valence-corrected chi connectivity index (χ3v) is 3.08. The van der Waals surface area contributed by atoms with Gasteiger partial charge in [-0.05, 0) is 37.9 Å². The summed E-state index contributed by atoms with van der Waals surface area (Å²) in [5.41, 5.74) is 1.20. The average molecular weight is 280 g/mol. The molecule has 1 aromatic heterocycles. The van der Waals surface area contributed by atoms with E-state index in [1.54, 1.807) is 6.20 Å². The molecule has 0 aliphatic rings. The molecule has 1 rings (SSSR count). The second-order valence-electron chi connectivity index (χ2n) is 4.92. The van der Waals surface area contributed by atoms with Gasteiger partial charge < -0.3 is 14.8 Å². The summed E-state index contributed by atoms with van der Waals surface area (Å²) in [5.74, 6) is 0.673. The van der Waals surface area contributed by atoms with Crippen molar-refractivity contribution in [1.29, 1.82) is 0 Å². The average Bonchev–Trinajstić information content (AvgIpc) is 2.48. The third-order valence-electron chi connectivity index (χ3n) is 3.08. The van der Waals surface area contributed by atoms with Crippen molar-refractivity contribution in [2.45, 2.75) is 46.1 Å². The van der Waals surface area contributed by atoms with E-state index in [0.717, 1.165) is 32.4 Å². The fraction of sp³-hybridized carbons (Fsp3) is 0.688. The molecule has 1 heterocycles. The number of nitrogens with zero attached hydrogens (tertiary/aromatic N) is 1. The van der Waals surface area contributed by atoms with Crippen LogP contribution in [0.15, 0.2) is 18.3 Å². The highest BCUT2D eigenvalue weighted by molar-refractivity contribution is 5.23. The summed E-state index contributed by atoms with van der Waals surface area (Å²) in [5, 5.41) is 3.46. The van der Waals surface area contributed by atoms with E-state index in [1.807, 2.05) is 12.1 Å². The minimum Gasteiger partial charge on any atom is -0.475 e. The predicted octanol–water partition coefficient (Wildman–Crippen LogP) is 3.34. The molecule has 0 fully saturated rings. The zero-order valence-corrected chi connectivity index (χ0v) is 13.0. The van der Waals surface area contributed by atoms with Crippen LogP contribution in [0.4, 0.5) is 0 Å². The Morgan fingerprint density at radius 3 is 2.80 bits per heavy atom.